The van der Waals surface area contributed by atoms with Gasteiger partial charge in [0.25, 0.3) is 10.0 Å². The van der Waals surface area contributed by atoms with E-state index in [1.54, 1.807) is 47.3 Å². The van der Waals surface area contributed by atoms with Gasteiger partial charge in [0.1, 0.15) is 0 Å². The summed E-state index contributed by atoms with van der Waals surface area (Å²) in [6.45, 7) is 0. The molecule has 138 valence electrons. The number of nitrogens with zero attached hydrogens (tertiary/aromatic N) is 2. The van der Waals surface area contributed by atoms with E-state index in [4.69, 9.17) is 11.6 Å². The van der Waals surface area contributed by atoms with Crippen LogP contribution in [0.25, 0.3) is 5.69 Å². The van der Waals surface area contributed by atoms with Crippen LogP contribution >= 0.6 is 11.6 Å². The number of hydrogen-bond donors (Lipinski definition) is 1. The SMILES string of the molecule is O=C1CCCc2c1cnn2-c1ccc(S(=O)(=O)Nc2cccc(Cl)c2)cc1. The van der Waals surface area contributed by atoms with Crippen LogP contribution in [0.1, 0.15) is 28.9 Å². The minimum absolute atomic E-state index is 0.104. The van der Waals surface area contributed by atoms with Gasteiger partial charge in [-0.05, 0) is 55.3 Å². The molecule has 0 atom stereocenters. The van der Waals surface area contributed by atoms with Gasteiger partial charge in [0, 0.05) is 11.4 Å². The van der Waals surface area contributed by atoms with Gasteiger partial charge in [-0.2, -0.15) is 5.10 Å². The maximum Gasteiger partial charge on any atom is 0.261 e. The van der Waals surface area contributed by atoms with Crippen molar-refractivity contribution in [3.8, 4) is 5.69 Å². The maximum absolute atomic E-state index is 12.6. The summed E-state index contributed by atoms with van der Waals surface area (Å²) in [5, 5.41) is 4.75. The molecule has 0 saturated carbocycles. The first-order valence-electron chi connectivity index (χ1n) is 8.43. The van der Waals surface area contributed by atoms with Crippen molar-refractivity contribution in [2.75, 3.05) is 4.72 Å². The minimum Gasteiger partial charge on any atom is -0.294 e. The number of rotatable bonds is 4. The molecular formula is C19H16ClN3O3S. The third-order valence-corrected chi connectivity index (χ3v) is 6.09. The molecule has 1 heterocycles. The number of anilines is 1. The van der Waals surface area contributed by atoms with Crippen LogP contribution in [-0.2, 0) is 16.4 Å². The number of sulfonamides is 1. The molecule has 2 aromatic carbocycles. The summed E-state index contributed by atoms with van der Waals surface area (Å²) in [7, 11) is -3.73. The lowest BCUT2D eigenvalue weighted by molar-refractivity contribution is 0.0972. The molecule has 8 heteroatoms. The second-order valence-corrected chi connectivity index (χ2v) is 8.42. The molecule has 0 bridgehead atoms. The second-order valence-electron chi connectivity index (χ2n) is 6.30. The van der Waals surface area contributed by atoms with Gasteiger partial charge in [-0.15, -0.1) is 0 Å². The molecule has 1 aromatic heterocycles. The Morgan fingerprint density at radius 1 is 1.07 bits per heavy atom. The summed E-state index contributed by atoms with van der Waals surface area (Å²) >= 11 is 5.90. The van der Waals surface area contributed by atoms with Crippen molar-refractivity contribution in [1.82, 2.24) is 9.78 Å². The predicted octanol–water partition coefficient (Wildman–Crippen LogP) is 3.85. The van der Waals surface area contributed by atoms with Crippen LogP contribution < -0.4 is 4.72 Å². The highest BCUT2D eigenvalue weighted by atomic mass is 35.5. The topological polar surface area (TPSA) is 81.1 Å². The Kier molecular flexibility index (Phi) is 4.49. The molecule has 3 aromatic rings. The molecular weight excluding hydrogens is 386 g/mol. The Hall–Kier alpha value is -2.64. The number of hydrogen-bond acceptors (Lipinski definition) is 4. The molecule has 1 N–H and O–H groups in total. The zero-order chi connectivity index (χ0) is 19.0. The average Bonchev–Trinajstić information content (AvgIpc) is 3.07. The minimum atomic E-state index is -3.73. The number of Topliss-reactive ketones (excluding diaryl/α,β-unsaturated/α-hetero) is 1. The van der Waals surface area contributed by atoms with Gasteiger partial charge in [0.05, 0.1) is 33.7 Å². The van der Waals surface area contributed by atoms with E-state index < -0.39 is 10.0 Å². The standard InChI is InChI=1S/C19H16ClN3O3S/c20-13-3-1-4-14(11-13)22-27(25,26)16-9-7-15(8-10-16)23-18-5-2-6-19(24)17(18)12-21-23/h1,3-4,7-12,22H,2,5-6H2. The van der Waals surface area contributed by atoms with Gasteiger partial charge < -0.3 is 0 Å². The summed E-state index contributed by atoms with van der Waals surface area (Å²) in [5.41, 5.74) is 2.64. The third kappa shape index (κ3) is 3.48. The highest BCUT2D eigenvalue weighted by Gasteiger charge is 2.22. The Bertz CT molecular complexity index is 1120. The van der Waals surface area contributed by atoms with Crippen LogP contribution in [0.3, 0.4) is 0 Å². The number of ketones is 1. The fourth-order valence-electron chi connectivity index (χ4n) is 3.15. The normalized spacial score (nSPS) is 14.0. The number of benzene rings is 2. The van der Waals surface area contributed by atoms with Gasteiger partial charge in [0.15, 0.2) is 5.78 Å². The molecule has 6 nitrogen and oxygen atoms in total. The Labute approximate surface area is 161 Å². The molecule has 0 spiro atoms. The molecule has 27 heavy (non-hydrogen) atoms. The molecule has 1 aliphatic carbocycles. The molecule has 0 radical (unpaired) electrons. The molecule has 0 unspecified atom stereocenters. The molecule has 4 rings (SSSR count). The van der Waals surface area contributed by atoms with Crippen molar-refractivity contribution < 1.29 is 13.2 Å². The Morgan fingerprint density at radius 2 is 1.85 bits per heavy atom. The monoisotopic (exact) mass is 401 g/mol. The first kappa shape index (κ1) is 17.8. The van der Waals surface area contributed by atoms with Crippen molar-refractivity contribution in [1.29, 1.82) is 0 Å². The number of nitrogens with one attached hydrogen (secondary N) is 1. The first-order valence-corrected chi connectivity index (χ1v) is 10.3. The zero-order valence-electron chi connectivity index (χ0n) is 14.2. The van der Waals surface area contributed by atoms with Crippen LogP contribution in [0.15, 0.2) is 59.6 Å². The second kappa shape index (κ2) is 6.83. The van der Waals surface area contributed by atoms with Gasteiger partial charge in [0.2, 0.25) is 0 Å². The Balaban J connectivity index is 1.62. The lowest BCUT2D eigenvalue weighted by Gasteiger charge is -2.14. The number of carbonyl (C=O) groups is 1. The van der Waals surface area contributed by atoms with E-state index in [0.29, 0.717) is 28.4 Å². The van der Waals surface area contributed by atoms with E-state index >= 15 is 0 Å². The van der Waals surface area contributed by atoms with E-state index in [9.17, 15) is 13.2 Å². The van der Waals surface area contributed by atoms with E-state index in [0.717, 1.165) is 18.5 Å². The molecule has 1 aliphatic rings. The third-order valence-electron chi connectivity index (χ3n) is 4.46. The van der Waals surface area contributed by atoms with Crippen molar-refractivity contribution >= 4 is 33.1 Å². The van der Waals surface area contributed by atoms with Crippen molar-refractivity contribution in [3.05, 3.63) is 71.0 Å². The van der Waals surface area contributed by atoms with E-state index in [1.165, 1.54) is 12.1 Å². The number of aromatic nitrogens is 2. The summed E-state index contributed by atoms with van der Waals surface area (Å²) in [5.74, 6) is 0.104. The molecule has 0 fully saturated rings. The fourth-order valence-corrected chi connectivity index (χ4v) is 4.39. The highest BCUT2D eigenvalue weighted by molar-refractivity contribution is 7.92. The summed E-state index contributed by atoms with van der Waals surface area (Å²) in [6.07, 6.45) is 3.71. The van der Waals surface area contributed by atoms with Crippen molar-refractivity contribution in [2.45, 2.75) is 24.2 Å². The fraction of sp³-hybridized carbons (Fsp3) is 0.158. The smallest absolute Gasteiger partial charge is 0.261 e. The van der Waals surface area contributed by atoms with Crippen LogP contribution in [0.5, 0.6) is 0 Å². The van der Waals surface area contributed by atoms with E-state index in [1.807, 2.05) is 0 Å². The van der Waals surface area contributed by atoms with Crippen LogP contribution in [0.2, 0.25) is 5.02 Å². The van der Waals surface area contributed by atoms with Crippen LogP contribution in [-0.4, -0.2) is 24.0 Å². The average molecular weight is 402 g/mol. The van der Waals surface area contributed by atoms with Gasteiger partial charge in [-0.3, -0.25) is 9.52 Å². The molecule has 0 saturated heterocycles. The predicted molar refractivity (Wildman–Crippen MR) is 103 cm³/mol. The van der Waals surface area contributed by atoms with Gasteiger partial charge in [-0.25, -0.2) is 13.1 Å². The lowest BCUT2D eigenvalue weighted by Crippen LogP contribution is -2.14. The van der Waals surface area contributed by atoms with Gasteiger partial charge >= 0.3 is 0 Å². The number of carbonyl (C=O) groups excluding carboxylic acids is 1. The number of fused-ring (bicyclic) bond motifs is 1. The summed E-state index contributed by atoms with van der Waals surface area (Å²) in [4.78, 5) is 12.1. The lowest BCUT2D eigenvalue weighted by atomic mass is 9.97. The molecule has 0 aliphatic heterocycles. The quantitative estimate of drug-likeness (QED) is 0.720. The Morgan fingerprint density at radius 3 is 2.59 bits per heavy atom. The zero-order valence-corrected chi connectivity index (χ0v) is 15.8. The van der Waals surface area contributed by atoms with Crippen LogP contribution in [0.4, 0.5) is 5.69 Å². The van der Waals surface area contributed by atoms with Crippen molar-refractivity contribution in [3.63, 3.8) is 0 Å². The molecule has 0 amide bonds. The summed E-state index contributed by atoms with van der Waals surface area (Å²) < 4.78 is 29.3. The maximum atomic E-state index is 12.6. The van der Waals surface area contributed by atoms with E-state index in [2.05, 4.69) is 9.82 Å². The van der Waals surface area contributed by atoms with E-state index in [-0.39, 0.29) is 10.7 Å². The number of halogens is 1. The van der Waals surface area contributed by atoms with Crippen molar-refractivity contribution in [2.24, 2.45) is 0 Å². The highest BCUT2D eigenvalue weighted by Crippen LogP contribution is 2.25. The van der Waals surface area contributed by atoms with Crippen LogP contribution in [0, 0.1) is 0 Å². The first-order chi connectivity index (χ1) is 12.9. The largest absolute Gasteiger partial charge is 0.294 e. The summed E-state index contributed by atoms with van der Waals surface area (Å²) in [6, 6.07) is 12.9. The van der Waals surface area contributed by atoms with Gasteiger partial charge in [-0.1, -0.05) is 17.7 Å².